The van der Waals surface area contributed by atoms with Crippen LogP contribution in [0, 0.1) is 0 Å². The number of carbonyl (C=O) groups is 1. The van der Waals surface area contributed by atoms with Gasteiger partial charge in [0.1, 0.15) is 5.60 Å². The maximum atomic E-state index is 11.3. The first kappa shape index (κ1) is 12.8. The van der Waals surface area contributed by atoms with Crippen LogP contribution in [-0.2, 0) is 11.3 Å². The van der Waals surface area contributed by atoms with Gasteiger partial charge in [-0.05, 0) is 26.8 Å². The highest BCUT2D eigenvalue weighted by Crippen LogP contribution is 2.13. The number of amides is 1. The van der Waals surface area contributed by atoms with Crippen LogP contribution in [0.2, 0.25) is 5.02 Å². The molecule has 0 aliphatic heterocycles. The zero-order chi connectivity index (χ0) is 12.2. The number of aromatic nitrogens is 1. The molecule has 1 aromatic rings. The van der Waals surface area contributed by atoms with Crippen LogP contribution in [0.4, 0.5) is 4.79 Å². The molecule has 0 fully saturated rings. The predicted molar refractivity (Wildman–Crippen MR) is 62.3 cm³/mol. The first-order valence-electron chi connectivity index (χ1n) is 4.94. The molecule has 0 atom stereocenters. The SMILES string of the molecule is CC(C)(C)OC(=O)NCc1cnccc1Cl. The third-order valence-corrected chi connectivity index (χ3v) is 2.03. The Kier molecular flexibility index (Phi) is 4.12. The Morgan fingerprint density at radius 1 is 1.56 bits per heavy atom. The minimum atomic E-state index is -0.497. The Bertz CT molecular complexity index is 374. The van der Waals surface area contributed by atoms with E-state index in [9.17, 15) is 4.79 Å². The third-order valence-electron chi connectivity index (χ3n) is 1.67. The number of pyridine rings is 1. The second-order valence-electron chi connectivity index (χ2n) is 4.32. The average molecular weight is 243 g/mol. The Morgan fingerprint density at radius 2 is 2.25 bits per heavy atom. The van der Waals surface area contributed by atoms with Gasteiger partial charge in [0.15, 0.2) is 0 Å². The van der Waals surface area contributed by atoms with E-state index in [4.69, 9.17) is 16.3 Å². The molecule has 1 rings (SSSR count). The maximum absolute atomic E-state index is 11.3. The zero-order valence-electron chi connectivity index (χ0n) is 9.58. The molecule has 0 unspecified atom stereocenters. The fourth-order valence-electron chi connectivity index (χ4n) is 1.02. The number of hydrogen-bond donors (Lipinski definition) is 1. The second kappa shape index (κ2) is 5.16. The number of nitrogens with zero attached hydrogens (tertiary/aromatic N) is 1. The first-order chi connectivity index (χ1) is 7.38. The molecule has 16 heavy (non-hydrogen) atoms. The molecule has 4 nitrogen and oxygen atoms in total. The van der Waals surface area contributed by atoms with Gasteiger partial charge in [-0.1, -0.05) is 11.6 Å². The number of rotatable bonds is 2. The summed E-state index contributed by atoms with van der Waals surface area (Å²) in [5.74, 6) is 0. The summed E-state index contributed by atoms with van der Waals surface area (Å²) in [7, 11) is 0. The molecule has 5 heteroatoms. The van der Waals surface area contributed by atoms with Gasteiger partial charge in [0.2, 0.25) is 0 Å². The molecule has 1 N–H and O–H groups in total. The van der Waals surface area contributed by atoms with Crippen LogP contribution in [0.15, 0.2) is 18.5 Å². The summed E-state index contributed by atoms with van der Waals surface area (Å²) in [6, 6.07) is 1.67. The summed E-state index contributed by atoms with van der Waals surface area (Å²) >= 11 is 5.91. The number of alkyl carbamates (subject to hydrolysis) is 1. The molecule has 1 aromatic heterocycles. The molecule has 0 saturated carbocycles. The van der Waals surface area contributed by atoms with Gasteiger partial charge < -0.3 is 10.1 Å². The summed E-state index contributed by atoms with van der Waals surface area (Å²) in [5.41, 5.74) is 0.262. The highest BCUT2D eigenvalue weighted by atomic mass is 35.5. The van der Waals surface area contributed by atoms with E-state index in [2.05, 4.69) is 10.3 Å². The standard InChI is InChI=1S/C11H15ClN2O2/c1-11(2,3)16-10(15)14-7-8-6-13-5-4-9(8)12/h4-6H,7H2,1-3H3,(H,14,15). The Hall–Kier alpha value is -1.29. The van der Waals surface area contributed by atoms with E-state index in [0.717, 1.165) is 5.56 Å². The minimum Gasteiger partial charge on any atom is -0.444 e. The van der Waals surface area contributed by atoms with Gasteiger partial charge >= 0.3 is 6.09 Å². The number of ether oxygens (including phenoxy) is 1. The molecule has 0 aliphatic carbocycles. The van der Waals surface area contributed by atoms with E-state index in [1.165, 1.54) is 0 Å². The van der Waals surface area contributed by atoms with Crippen molar-refractivity contribution in [3.05, 3.63) is 29.0 Å². The lowest BCUT2D eigenvalue weighted by Gasteiger charge is -2.19. The second-order valence-corrected chi connectivity index (χ2v) is 4.73. The van der Waals surface area contributed by atoms with Crippen LogP contribution in [0.1, 0.15) is 26.3 Å². The lowest BCUT2D eigenvalue weighted by atomic mass is 10.2. The van der Waals surface area contributed by atoms with Crippen LogP contribution in [0.5, 0.6) is 0 Å². The number of halogens is 1. The molecule has 0 radical (unpaired) electrons. The molecular weight excluding hydrogens is 228 g/mol. The first-order valence-corrected chi connectivity index (χ1v) is 5.31. The summed E-state index contributed by atoms with van der Waals surface area (Å²) in [4.78, 5) is 15.3. The molecule has 0 saturated heterocycles. The Balaban J connectivity index is 2.47. The fraction of sp³-hybridized carbons (Fsp3) is 0.455. The predicted octanol–water partition coefficient (Wildman–Crippen LogP) is 2.76. The summed E-state index contributed by atoms with van der Waals surface area (Å²) in [5, 5.41) is 3.19. The molecule has 0 bridgehead atoms. The highest BCUT2D eigenvalue weighted by molar-refractivity contribution is 6.31. The number of carbonyl (C=O) groups excluding carboxylic acids is 1. The molecule has 1 heterocycles. The van der Waals surface area contributed by atoms with Gasteiger partial charge in [-0.2, -0.15) is 0 Å². The van der Waals surface area contributed by atoms with Crippen molar-refractivity contribution >= 4 is 17.7 Å². The van der Waals surface area contributed by atoms with Crippen LogP contribution >= 0.6 is 11.6 Å². The van der Waals surface area contributed by atoms with Crippen molar-refractivity contribution in [3.8, 4) is 0 Å². The van der Waals surface area contributed by atoms with Crippen molar-refractivity contribution in [2.24, 2.45) is 0 Å². The van der Waals surface area contributed by atoms with E-state index in [1.807, 2.05) is 20.8 Å². The van der Waals surface area contributed by atoms with Crippen LogP contribution in [0.3, 0.4) is 0 Å². The summed E-state index contributed by atoms with van der Waals surface area (Å²) in [6.07, 6.45) is 2.74. The van der Waals surface area contributed by atoms with Crippen LogP contribution in [0.25, 0.3) is 0 Å². The molecule has 1 amide bonds. The van der Waals surface area contributed by atoms with Crippen molar-refractivity contribution in [3.63, 3.8) is 0 Å². The number of nitrogens with one attached hydrogen (secondary N) is 1. The fourth-order valence-corrected chi connectivity index (χ4v) is 1.19. The molecule has 88 valence electrons. The van der Waals surface area contributed by atoms with E-state index in [0.29, 0.717) is 11.6 Å². The molecular formula is C11H15ClN2O2. The normalized spacial score (nSPS) is 11.0. The van der Waals surface area contributed by atoms with Crippen molar-refractivity contribution in [2.45, 2.75) is 32.9 Å². The van der Waals surface area contributed by atoms with E-state index in [1.54, 1.807) is 18.5 Å². The van der Waals surface area contributed by atoms with Crippen molar-refractivity contribution in [2.75, 3.05) is 0 Å². The van der Waals surface area contributed by atoms with Gasteiger partial charge in [-0.15, -0.1) is 0 Å². The minimum absolute atomic E-state index is 0.307. The lowest BCUT2D eigenvalue weighted by molar-refractivity contribution is 0.0523. The zero-order valence-corrected chi connectivity index (χ0v) is 10.3. The monoisotopic (exact) mass is 242 g/mol. The van der Waals surface area contributed by atoms with Gasteiger partial charge in [-0.25, -0.2) is 4.79 Å². The van der Waals surface area contributed by atoms with E-state index >= 15 is 0 Å². The quantitative estimate of drug-likeness (QED) is 0.868. The Morgan fingerprint density at radius 3 is 2.81 bits per heavy atom. The Labute approximate surface area is 100.0 Å². The average Bonchev–Trinajstić information content (AvgIpc) is 2.14. The summed E-state index contributed by atoms with van der Waals surface area (Å²) < 4.78 is 5.09. The van der Waals surface area contributed by atoms with Crippen LogP contribution < -0.4 is 5.32 Å². The van der Waals surface area contributed by atoms with Gasteiger partial charge in [-0.3, -0.25) is 4.98 Å². The molecule has 0 aliphatic rings. The largest absolute Gasteiger partial charge is 0.444 e. The van der Waals surface area contributed by atoms with Crippen molar-refractivity contribution < 1.29 is 9.53 Å². The maximum Gasteiger partial charge on any atom is 0.407 e. The van der Waals surface area contributed by atoms with Gasteiger partial charge in [0, 0.05) is 29.5 Å². The molecule has 0 aromatic carbocycles. The van der Waals surface area contributed by atoms with E-state index in [-0.39, 0.29) is 0 Å². The van der Waals surface area contributed by atoms with Crippen molar-refractivity contribution in [1.82, 2.24) is 10.3 Å². The lowest BCUT2D eigenvalue weighted by Crippen LogP contribution is -2.32. The van der Waals surface area contributed by atoms with E-state index < -0.39 is 11.7 Å². The molecule has 0 spiro atoms. The number of hydrogen-bond acceptors (Lipinski definition) is 3. The van der Waals surface area contributed by atoms with Crippen LogP contribution in [-0.4, -0.2) is 16.7 Å². The van der Waals surface area contributed by atoms with Gasteiger partial charge in [0.25, 0.3) is 0 Å². The van der Waals surface area contributed by atoms with Crippen molar-refractivity contribution in [1.29, 1.82) is 0 Å². The highest BCUT2D eigenvalue weighted by Gasteiger charge is 2.15. The third kappa shape index (κ3) is 4.49. The topological polar surface area (TPSA) is 51.2 Å². The smallest absolute Gasteiger partial charge is 0.407 e. The summed E-state index contributed by atoms with van der Waals surface area (Å²) in [6.45, 7) is 5.73. The van der Waals surface area contributed by atoms with Gasteiger partial charge in [0.05, 0.1) is 0 Å².